The van der Waals surface area contributed by atoms with Crippen LogP contribution in [-0.4, -0.2) is 10.7 Å². The second-order valence-electron chi connectivity index (χ2n) is 8.11. The minimum absolute atomic E-state index is 0.369. The van der Waals surface area contributed by atoms with Crippen molar-refractivity contribution in [3.63, 3.8) is 0 Å². The van der Waals surface area contributed by atoms with E-state index in [2.05, 4.69) is 20.8 Å². The van der Waals surface area contributed by atoms with Gasteiger partial charge in [-0.3, -0.25) is 0 Å². The van der Waals surface area contributed by atoms with Crippen LogP contribution in [0.15, 0.2) is 0 Å². The summed E-state index contributed by atoms with van der Waals surface area (Å²) >= 11 is 0. The van der Waals surface area contributed by atoms with Crippen LogP contribution in [0.25, 0.3) is 0 Å². The molecule has 0 bridgehead atoms. The van der Waals surface area contributed by atoms with Gasteiger partial charge in [0, 0.05) is 0 Å². The van der Waals surface area contributed by atoms with Crippen molar-refractivity contribution in [1.29, 1.82) is 0 Å². The summed E-state index contributed by atoms with van der Waals surface area (Å²) in [5, 5.41) is 10.7. The Morgan fingerprint density at radius 2 is 1.47 bits per heavy atom. The maximum atomic E-state index is 10.7. The maximum Gasteiger partial charge on any atom is 0.0625 e. The zero-order valence-corrected chi connectivity index (χ0v) is 13.4. The van der Waals surface area contributed by atoms with Gasteiger partial charge in [0.15, 0.2) is 0 Å². The van der Waals surface area contributed by atoms with E-state index in [9.17, 15) is 5.11 Å². The molecule has 0 heterocycles. The molecule has 2 aliphatic carbocycles. The summed E-state index contributed by atoms with van der Waals surface area (Å²) in [6.45, 7) is 7.03. The van der Waals surface area contributed by atoms with Crippen molar-refractivity contribution in [1.82, 2.24) is 0 Å². The number of rotatable bonds is 1. The molecule has 112 valence electrons. The third-order valence-electron chi connectivity index (χ3n) is 6.00. The van der Waals surface area contributed by atoms with Crippen molar-refractivity contribution in [2.75, 3.05) is 0 Å². The van der Waals surface area contributed by atoms with E-state index < -0.39 is 5.60 Å². The van der Waals surface area contributed by atoms with Crippen molar-refractivity contribution in [2.45, 2.75) is 97.0 Å². The monoisotopic (exact) mass is 266 g/mol. The average molecular weight is 266 g/mol. The Morgan fingerprint density at radius 3 is 2.26 bits per heavy atom. The van der Waals surface area contributed by atoms with Crippen LogP contribution < -0.4 is 0 Å². The molecule has 0 saturated heterocycles. The largest absolute Gasteiger partial charge is 0.390 e. The Balaban J connectivity index is 2.15. The van der Waals surface area contributed by atoms with Crippen LogP contribution in [0.1, 0.15) is 91.4 Å². The van der Waals surface area contributed by atoms with Crippen molar-refractivity contribution in [3.8, 4) is 0 Å². The van der Waals surface area contributed by atoms with Crippen LogP contribution in [-0.2, 0) is 0 Å². The highest BCUT2D eigenvalue weighted by Crippen LogP contribution is 2.50. The van der Waals surface area contributed by atoms with Crippen LogP contribution in [0.3, 0.4) is 0 Å². The molecule has 0 aromatic heterocycles. The molecule has 0 amide bonds. The smallest absolute Gasteiger partial charge is 0.0625 e. The lowest BCUT2D eigenvalue weighted by atomic mass is 9.61. The van der Waals surface area contributed by atoms with Crippen LogP contribution >= 0.6 is 0 Å². The van der Waals surface area contributed by atoms with Gasteiger partial charge < -0.3 is 5.11 Å². The molecular formula is C18H34O. The fraction of sp³-hybridized carbons (Fsp3) is 1.00. The van der Waals surface area contributed by atoms with E-state index >= 15 is 0 Å². The van der Waals surface area contributed by atoms with E-state index in [1.54, 1.807) is 0 Å². The van der Waals surface area contributed by atoms with Gasteiger partial charge in [-0.1, -0.05) is 58.8 Å². The lowest BCUT2D eigenvalue weighted by Gasteiger charge is -2.46. The summed E-state index contributed by atoms with van der Waals surface area (Å²) in [5.74, 6) is 1.68. The molecule has 0 spiro atoms. The number of hydrogen-bond acceptors (Lipinski definition) is 1. The third-order valence-corrected chi connectivity index (χ3v) is 6.00. The number of aliphatic hydroxyl groups is 1. The first-order chi connectivity index (χ1) is 8.93. The Labute approximate surface area is 120 Å². The van der Waals surface area contributed by atoms with Crippen LogP contribution in [0, 0.1) is 17.3 Å². The van der Waals surface area contributed by atoms with Gasteiger partial charge in [0.05, 0.1) is 5.60 Å². The highest BCUT2D eigenvalue weighted by molar-refractivity contribution is 4.93. The van der Waals surface area contributed by atoms with Crippen LogP contribution in [0.5, 0.6) is 0 Å². The standard InChI is InChI=1S/C18H34O/c1-15-10-6-4-7-11-16(15)17(2)12-8-5-9-13-18(3,19)14-17/h15-16,19H,4-14H2,1-3H3. The molecule has 0 radical (unpaired) electrons. The van der Waals surface area contributed by atoms with Crippen LogP contribution in [0.4, 0.5) is 0 Å². The lowest BCUT2D eigenvalue weighted by molar-refractivity contribution is -0.0416. The predicted octanol–water partition coefficient (Wildman–Crippen LogP) is 5.31. The molecule has 1 heteroatoms. The van der Waals surface area contributed by atoms with E-state index in [0.29, 0.717) is 5.41 Å². The second kappa shape index (κ2) is 6.16. The van der Waals surface area contributed by atoms with Gasteiger partial charge in [0.1, 0.15) is 0 Å². The maximum absolute atomic E-state index is 10.7. The molecule has 2 saturated carbocycles. The van der Waals surface area contributed by atoms with E-state index in [1.165, 1.54) is 57.8 Å². The molecule has 4 atom stereocenters. The molecule has 19 heavy (non-hydrogen) atoms. The topological polar surface area (TPSA) is 20.2 Å². The average Bonchev–Trinajstić information content (AvgIpc) is 2.51. The van der Waals surface area contributed by atoms with Crippen molar-refractivity contribution < 1.29 is 5.11 Å². The molecule has 1 N–H and O–H groups in total. The summed E-state index contributed by atoms with van der Waals surface area (Å²) in [6, 6.07) is 0. The minimum atomic E-state index is -0.429. The summed E-state index contributed by atoms with van der Waals surface area (Å²) in [7, 11) is 0. The minimum Gasteiger partial charge on any atom is -0.390 e. The summed E-state index contributed by atoms with van der Waals surface area (Å²) in [6.07, 6.45) is 14.3. The normalized spacial score (nSPS) is 46.1. The van der Waals surface area contributed by atoms with Gasteiger partial charge in [-0.2, -0.15) is 0 Å². The molecule has 0 aromatic carbocycles. The Bertz CT molecular complexity index is 283. The molecule has 0 aromatic rings. The Morgan fingerprint density at radius 1 is 0.842 bits per heavy atom. The highest BCUT2D eigenvalue weighted by Gasteiger charge is 2.42. The summed E-state index contributed by atoms with van der Waals surface area (Å²) < 4.78 is 0. The Kier molecular flexibility index (Phi) is 4.98. The fourth-order valence-electron chi connectivity index (χ4n) is 5.10. The molecular weight excluding hydrogens is 232 g/mol. The van der Waals surface area contributed by atoms with Crippen molar-refractivity contribution in [2.24, 2.45) is 17.3 Å². The number of hydrogen-bond donors (Lipinski definition) is 1. The van der Waals surface area contributed by atoms with Crippen molar-refractivity contribution in [3.05, 3.63) is 0 Å². The third kappa shape index (κ3) is 3.97. The van der Waals surface area contributed by atoms with Gasteiger partial charge >= 0.3 is 0 Å². The molecule has 0 aliphatic heterocycles. The van der Waals surface area contributed by atoms with Crippen molar-refractivity contribution >= 4 is 0 Å². The van der Waals surface area contributed by atoms with E-state index in [-0.39, 0.29) is 0 Å². The van der Waals surface area contributed by atoms with Gasteiger partial charge in [-0.15, -0.1) is 0 Å². The highest BCUT2D eigenvalue weighted by atomic mass is 16.3. The van der Waals surface area contributed by atoms with Crippen LogP contribution in [0.2, 0.25) is 0 Å². The van der Waals surface area contributed by atoms with Gasteiger partial charge in [0.2, 0.25) is 0 Å². The first-order valence-electron chi connectivity index (χ1n) is 8.65. The predicted molar refractivity (Wildman–Crippen MR) is 82.2 cm³/mol. The fourth-order valence-corrected chi connectivity index (χ4v) is 5.10. The van der Waals surface area contributed by atoms with Gasteiger partial charge in [-0.25, -0.2) is 0 Å². The van der Waals surface area contributed by atoms with E-state index in [1.807, 2.05) is 0 Å². The van der Waals surface area contributed by atoms with E-state index in [0.717, 1.165) is 24.7 Å². The molecule has 1 nitrogen and oxygen atoms in total. The Hall–Kier alpha value is -0.0400. The lowest BCUT2D eigenvalue weighted by Crippen LogP contribution is -2.41. The molecule has 2 aliphatic rings. The second-order valence-corrected chi connectivity index (χ2v) is 8.11. The summed E-state index contributed by atoms with van der Waals surface area (Å²) in [5.41, 5.74) is -0.0606. The quantitative estimate of drug-likeness (QED) is 0.637. The molecule has 4 unspecified atom stereocenters. The van der Waals surface area contributed by atoms with Gasteiger partial charge in [0.25, 0.3) is 0 Å². The van der Waals surface area contributed by atoms with E-state index in [4.69, 9.17) is 0 Å². The molecule has 2 rings (SSSR count). The first kappa shape index (κ1) is 15.4. The SMILES string of the molecule is CC1CCCCCC1C1(C)CCCCCC(C)(O)C1. The molecule has 2 fully saturated rings. The zero-order valence-electron chi connectivity index (χ0n) is 13.4. The van der Waals surface area contributed by atoms with Gasteiger partial charge in [-0.05, 0) is 49.9 Å². The summed E-state index contributed by atoms with van der Waals surface area (Å²) in [4.78, 5) is 0. The first-order valence-corrected chi connectivity index (χ1v) is 8.65. The zero-order chi connectivity index (χ0) is 13.9.